The van der Waals surface area contributed by atoms with E-state index in [0.29, 0.717) is 0 Å². The van der Waals surface area contributed by atoms with Gasteiger partial charge < -0.3 is 8.85 Å². The van der Waals surface area contributed by atoms with Crippen LogP contribution in [0.5, 0.6) is 0 Å². The molecule has 2 saturated carbocycles. The van der Waals surface area contributed by atoms with E-state index in [4.69, 9.17) is 8.85 Å². The molecule has 0 spiro atoms. The average molecular weight is 323 g/mol. The number of hydrogen-bond donors (Lipinski definition) is 0. The first-order chi connectivity index (χ1) is 8.67. The van der Waals surface area contributed by atoms with Crippen molar-refractivity contribution in [3.05, 3.63) is 0 Å². The third-order valence-corrected chi connectivity index (χ3v) is 13.4. The van der Waals surface area contributed by atoms with E-state index < -0.39 is 8.56 Å². The topological polar surface area (TPSA) is 18.5 Å². The van der Waals surface area contributed by atoms with Gasteiger partial charge in [0.2, 0.25) is 0 Å². The van der Waals surface area contributed by atoms with Crippen molar-refractivity contribution in [3.63, 3.8) is 0 Å². The van der Waals surface area contributed by atoms with Crippen LogP contribution in [-0.2, 0) is 8.85 Å². The van der Waals surface area contributed by atoms with E-state index in [1.54, 1.807) is 0 Å². The molecule has 0 N–H and O–H groups in total. The standard InChI is InChI=1S/C12H22O2S3Si/c1-13-18(3,14-2)5-4-8-6-9-7-10(8)12-11(9)15-17-16-12/h8-12H,4-7H2,1-3H3. The quantitative estimate of drug-likeness (QED) is 0.557. The summed E-state index contributed by atoms with van der Waals surface area (Å²) in [5, 5.41) is 1.91. The van der Waals surface area contributed by atoms with Gasteiger partial charge >= 0.3 is 8.56 Å². The Hall–Kier alpha value is 1.19. The van der Waals surface area contributed by atoms with Gasteiger partial charge in [0.25, 0.3) is 0 Å². The summed E-state index contributed by atoms with van der Waals surface area (Å²) in [4.78, 5) is 0. The third kappa shape index (κ3) is 2.41. The molecule has 0 radical (unpaired) electrons. The van der Waals surface area contributed by atoms with Crippen LogP contribution in [0.4, 0.5) is 0 Å². The Balaban J connectivity index is 1.56. The van der Waals surface area contributed by atoms with Gasteiger partial charge in [0.1, 0.15) is 0 Å². The van der Waals surface area contributed by atoms with Gasteiger partial charge in [-0.2, -0.15) is 0 Å². The molecule has 5 atom stereocenters. The molecule has 1 aliphatic heterocycles. The van der Waals surface area contributed by atoms with Crippen LogP contribution in [0.15, 0.2) is 0 Å². The summed E-state index contributed by atoms with van der Waals surface area (Å²) in [6.45, 7) is 2.19. The van der Waals surface area contributed by atoms with E-state index in [1.165, 1.54) is 19.3 Å². The molecule has 5 unspecified atom stereocenters. The van der Waals surface area contributed by atoms with Gasteiger partial charge in [-0.15, -0.1) is 0 Å². The largest absolute Gasteiger partial charge is 0.398 e. The van der Waals surface area contributed by atoms with Crippen molar-refractivity contribution in [3.8, 4) is 0 Å². The van der Waals surface area contributed by atoms with E-state index >= 15 is 0 Å². The molecule has 0 amide bonds. The molecule has 0 aromatic heterocycles. The highest BCUT2D eigenvalue weighted by Crippen LogP contribution is 2.67. The van der Waals surface area contributed by atoms with Crippen LogP contribution in [0.2, 0.25) is 12.6 Å². The Bertz CT molecular complexity index is 314. The molecule has 2 bridgehead atoms. The van der Waals surface area contributed by atoms with Crippen molar-refractivity contribution in [2.45, 2.75) is 42.4 Å². The lowest BCUT2D eigenvalue weighted by Crippen LogP contribution is -2.37. The maximum absolute atomic E-state index is 5.62. The molecule has 2 nitrogen and oxygen atoms in total. The van der Waals surface area contributed by atoms with Gasteiger partial charge in [-0.25, -0.2) is 0 Å². The first kappa shape index (κ1) is 14.1. The highest BCUT2D eigenvalue weighted by Gasteiger charge is 2.55. The molecule has 3 aliphatic rings. The fraction of sp³-hybridized carbons (Fsp3) is 1.00. The fourth-order valence-corrected chi connectivity index (χ4v) is 12.1. The Kier molecular flexibility index (Phi) is 4.34. The molecule has 18 heavy (non-hydrogen) atoms. The SMILES string of the molecule is CO[Si](C)(CCC1CC2CC1C1SSSC21)OC. The molecule has 2 aliphatic carbocycles. The van der Waals surface area contributed by atoms with Crippen LogP contribution >= 0.6 is 31.4 Å². The van der Waals surface area contributed by atoms with Crippen molar-refractivity contribution < 1.29 is 8.85 Å². The van der Waals surface area contributed by atoms with E-state index in [-0.39, 0.29) is 0 Å². The van der Waals surface area contributed by atoms with Crippen LogP contribution in [0.3, 0.4) is 0 Å². The fourth-order valence-electron chi connectivity index (χ4n) is 3.82. The van der Waals surface area contributed by atoms with Gasteiger partial charge in [0, 0.05) is 24.7 Å². The van der Waals surface area contributed by atoms with Crippen molar-refractivity contribution in [2.24, 2.45) is 17.8 Å². The van der Waals surface area contributed by atoms with Crippen LogP contribution in [-0.4, -0.2) is 33.3 Å². The molecule has 1 heterocycles. The molecular formula is C12H22O2S3Si. The zero-order valence-electron chi connectivity index (χ0n) is 11.3. The minimum Gasteiger partial charge on any atom is -0.398 e. The zero-order valence-corrected chi connectivity index (χ0v) is 14.7. The molecule has 104 valence electrons. The van der Waals surface area contributed by atoms with Crippen LogP contribution in [0.25, 0.3) is 0 Å². The van der Waals surface area contributed by atoms with Crippen LogP contribution in [0, 0.1) is 17.8 Å². The van der Waals surface area contributed by atoms with Gasteiger partial charge in [0.05, 0.1) is 0 Å². The molecule has 0 aromatic rings. The second-order valence-corrected chi connectivity index (χ2v) is 13.9. The number of hydrogen-bond acceptors (Lipinski definition) is 5. The van der Waals surface area contributed by atoms with E-state index in [1.807, 2.05) is 24.0 Å². The molecule has 1 saturated heterocycles. The lowest BCUT2D eigenvalue weighted by atomic mass is 9.86. The minimum atomic E-state index is -1.84. The molecule has 3 fully saturated rings. The second-order valence-electron chi connectivity index (χ2n) is 5.93. The Morgan fingerprint density at radius 3 is 2.56 bits per heavy atom. The van der Waals surface area contributed by atoms with E-state index in [0.717, 1.165) is 34.3 Å². The predicted octanol–water partition coefficient (Wildman–Crippen LogP) is 4.18. The summed E-state index contributed by atoms with van der Waals surface area (Å²) in [5.74, 6) is 2.94. The highest BCUT2D eigenvalue weighted by atomic mass is 33.5. The second kappa shape index (κ2) is 5.52. The summed E-state index contributed by atoms with van der Waals surface area (Å²) >= 11 is 0. The maximum atomic E-state index is 5.62. The minimum absolute atomic E-state index is 0.945. The molecule has 0 aromatic carbocycles. The first-order valence-corrected chi connectivity index (χ1v) is 12.9. The Labute approximate surface area is 123 Å². The summed E-state index contributed by atoms with van der Waals surface area (Å²) < 4.78 is 11.2. The summed E-state index contributed by atoms with van der Waals surface area (Å²) in [7, 11) is 8.12. The predicted molar refractivity (Wildman–Crippen MR) is 85.1 cm³/mol. The van der Waals surface area contributed by atoms with Gasteiger partial charge in [-0.1, -0.05) is 21.6 Å². The van der Waals surface area contributed by atoms with E-state index in [9.17, 15) is 0 Å². The number of fused-ring (bicyclic) bond motifs is 5. The maximum Gasteiger partial charge on any atom is 0.334 e. The summed E-state index contributed by atoms with van der Waals surface area (Å²) in [5.41, 5.74) is 0. The Morgan fingerprint density at radius 1 is 1.11 bits per heavy atom. The first-order valence-electron chi connectivity index (χ1n) is 6.76. The lowest BCUT2D eigenvalue weighted by Gasteiger charge is -2.31. The van der Waals surface area contributed by atoms with Crippen molar-refractivity contribution in [1.82, 2.24) is 0 Å². The number of rotatable bonds is 5. The normalized spacial score (nSPS) is 42.5. The molecule has 6 heteroatoms. The lowest BCUT2D eigenvalue weighted by molar-refractivity contribution is 0.240. The smallest absolute Gasteiger partial charge is 0.334 e. The Morgan fingerprint density at radius 2 is 1.83 bits per heavy atom. The average Bonchev–Trinajstić information content (AvgIpc) is 3.07. The van der Waals surface area contributed by atoms with Gasteiger partial charge in [0.15, 0.2) is 0 Å². The van der Waals surface area contributed by atoms with Crippen molar-refractivity contribution >= 4 is 40.0 Å². The van der Waals surface area contributed by atoms with Gasteiger partial charge in [-0.3, -0.25) is 0 Å². The van der Waals surface area contributed by atoms with Gasteiger partial charge in [-0.05, 0) is 59.4 Å². The zero-order chi connectivity index (χ0) is 12.8. The third-order valence-electron chi connectivity index (χ3n) is 5.13. The highest BCUT2D eigenvalue weighted by molar-refractivity contribution is 9.11. The van der Waals surface area contributed by atoms with Crippen molar-refractivity contribution in [2.75, 3.05) is 14.2 Å². The van der Waals surface area contributed by atoms with Crippen LogP contribution in [0.1, 0.15) is 19.3 Å². The summed E-state index contributed by atoms with van der Waals surface area (Å²) in [6.07, 6.45) is 4.29. The molecular weight excluding hydrogens is 300 g/mol. The monoisotopic (exact) mass is 322 g/mol. The van der Waals surface area contributed by atoms with Crippen molar-refractivity contribution in [1.29, 1.82) is 0 Å². The molecule has 3 rings (SSSR count). The van der Waals surface area contributed by atoms with Crippen LogP contribution < -0.4 is 0 Å². The van der Waals surface area contributed by atoms with E-state index in [2.05, 4.69) is 28.1 Å². The summed E-state index contributed by atoms with van der Waals surface area (Å²) in [6, 6.07) is 1.16.